The fourth-order valence-corrected chi connectivity index (χ4v) is 5.14. The van der Waals surface area contributed by atoms with Crippen molar-refractivity contribution in [2.45, 2.75) is 52.4 Å². The van der Waals surface area contributed by atoms with Crippen LogP contribution in [0.5, 0.6) is 0 Å². The van der Waals surface area contributed by atoms with Gasteiger partial charge in [-0.3, -0.25) is 4.98 Å². The summed E-state index contributed by atoms with van der Waals surface area (Å²) >= 11 is 0. The number of fused-ring (bicyclic) bond motifs is 1. The van der Waals surface area contributed by atoms with E-state index in [1.165, 1.54) is 4.57 Å². The van der Waals surface area contributed by atoms with Gasteiger partial charge in [-0.15, -0.1) is 0 Å². The van der Waals surface area contributed by atoms with Crippen LogP contribution in [-0.2, 0) is 19.8 Å². The van der Waals surface area contributed by atoms with Gasteiger partial charge in [0.15, 0.2) is 5.69 Å². The van der Waals surface area contributed by atoms with Gasteiger partial charge in [-0.25, -0.2) is 9.97 Å². The maximum Gasteiger partial charge on any atom is 0.434 e. The number of alkyl halides is 3. The summed E-state index contributed by atoms with van der Waals surface area (Å²) in [6, 6.07) is 11.7. The van der Waals surface area contributed by atoms with E-state index >= 15 is 0 Å². The first-order chi connectivity index (χ1) is 17.1. The molecule has 4 aromatic rings. The number of rotatable bonds is 4. The van der Waals surface area contributed by atoms with Crippen molar-refractivity contribution in [1.82, 2.24) is 24.1 Å². The number of anilines is 1. The van der Waals surface area contributed by atoms with E-state index in [4.69, 9.17) is 4.98 Å². The topological polar surface area (TPSA) is 51.8 Å². The zero-order chi connectivity index (χ0) is 25.8. The summed E-state index contributed by atoms with van der Waals surface area (Å²) in [7, 11) is 1.58. The first-order valence-corrected chi connectivity index (χ1v) is 12.1. The molecule has 6 nitrogen and oxygen atoms in total. The highest BCUT2D eigenvalue weighted by Crippen LogP contribution is 2.39. The van der Waals surface area contributed by atoms with Gasteiger partial charge in [-0.2, -0.15) is 13.2 Å². The molecule has 0 fully saturated rings. The maximum absolute atomic E-state index is 13.1. The second kappa shape index (κ2) is 8.80. The highest BCUT2D eigenvalue weighted by atomic mass is 19.4. The molecule has 5 rings (SSSR count). The largest absolute Gasteiger partial charge is 0.434 e. The van der Waals surface area contributed by atoms with Gasteiger partial charge in [0.25, 0.3) is 0 Å². The van der Waals surface area contributed by atoms with Crippen LogP contribution in [-0.4, -0.2) is 30.6 Å². The molecule has 0 saturated heterocycles. The normalized spacial score (nSPS) is 16.0. The van der Waals surface area contributed by atoms with Crippen LogP contribution in [0.2, 0.25) is 0 Å². The minimum atomic E-state index is -4.47. The monoisotopic (exact) mass is 494 g/mol. The minimum Gasteiger partial charge on any atom is -0.361 e. The van der Waals surface area contributed by atoms with Gasteiger partial charge in [-0.05, 0) is 56.2 Å². The van der Waals surface area contributed by atoms with E-state index in [0.717, 1.165) is 53.4 Å². The van der Waals surface area contributed by atoms with Crippen LogP contribution in [0.15, 0.2) is 48.8 Å². The zero-order valence-corrected chi connectivity index (χ0v) is 21.0. The molecule has 3 aromatic heterocycles. The molecule has 9 heteroatoms. The van der Waals surface area contributed by atoms with Crippen molar-refractivity contribution in [3.63, 3.8) is 0 Å². The Hall–Kier alpha value is -3.62. The number of pyridine rings is 1. The lowest BCUT2D eigenvalue weighted by Crippen LogP contribution is -2.37. The van der Waals surface area contributed by atoms with Crippen molar-refractivity contribution in [3.05, 3.63) is 71.7 Å². The Morgan fingerprint density at radius 2 is 1.75 bits per heavy atom. The first-order valence-electron chi connectivity index (χ1n) is 12.1. The molecule has 0 N–H and O–H groups in total. The third-order valence-electron chi connectivity index (χ3n) is 6.89. The lowest BCUT2D eigenvalue weighted by atomic mass is 9.97. The van der Waals surface area contributed by atoms with E-state index in [2.05, 4.69) is 46.3 Å². The summed E-state index contributed by atoms with van der Waals surface area (Å²) in [4.78, 5) is 15.7. The molecular formula is C27H29F3N6. The van der Waals surface area contributed by atoms with E-state index in [1.54, 1.807) is 7.05 Å². The average molecular weight is 495 g/mol. The van der Waals surface area contributed by atoms with Crippen LogP contribution in [0.4, 0.5) is 18.9 Å². The summed E-state index contributed by atoms with van der Waals surface area (Å²) in [6.07, 6.45) is -1.63. The van der Waals surface area contributed by atoms with Crippen molar-refractivity contribution in [3.8, 4) is 22.6 Å². The number of nitrogens with zero attached hydrogens (tertiary/aromatic N) is 6. The molecule has 0 amide bonds. The highest BCUT2D eigenvalue weighted by Gasteiger charge is 2.35. The Balaban J connectivity index is 1.49. The number of hydrogen-bond donors (Lipinski definition) is 0. The van der Waals surface area contributed by atoms with Gasteiger partial charge in [0.05, 0.1) is 23.1 Å². The molecule has 1 aromatic carbocycles. The lowest BCUT2D eigenvalue weighted by molar-refractivity contribution is -0.140. The summed E-state index contributed by atoms with van der Waals surface area (Å²) in [5.41, 5.74) is 4.95. The summed E-state index contributed by atoms with van der Waals surface area (Å²) in [6.45, 7) is 10.1. The first kappa shape index (κ1) is 24.1. The Labute approximate surface area is 208 Å². The molecule has 0 aliphatic carbocycles. The molecule has 1 atom stereocenters. The second-order valence-electron chi connectivity index (χ2n) is 9.61. The van der Waals surface area contributed by atoms with Gasteiger partial charge in [0.1, 0.15) is 11.6 Å². The van der Waals surface area contributed by atoms with Crippen molar-refractivity contribution >= 4 is 5.69 Å². The van der Waals surface area contributed by atoms with Crippen LogP contribution < -0.4 is 4.90 Å². The fraction of sp³-hybridized carbons (Fsp3) is 0.370. The Bertz CT molecular complexity index is 1400. The van der Waals surface area contributed by atoms with Crippen LogP contribution in [0.25, 0.3) is 22.6 Å². The van der Waals surface area contributed by atoms with Crippen molar-refractivity contribution in [2.24, 2.45) is 7.05 Å². The molecule has 1 aliphatic rings. The van der Waals surface area contributed by atoms with Gasteiger partial charge in [0.2, 0.25) is 0 Å². The average Bonchev–Trinajstić information content (AvgIpc) is 3.40. The van der Waals surface area contributed by atoms with Gasteiger partial charge < -0.3 is 14.0 Å². The highest BCUT2D eigenvalue weighted by molar-refractivity contribution is 5.68. The lowest BCUT2D eigenvalue weighted by Gasteiger charge is -2.37. The van der Waals surface area contributed by atoms with Crippen LogP contribution >= 0.6 is 0 Å². The molecule has 0 spiro atoms. The van der Waals surface area contributed by atoms with Crippen molar-refractivity contribution < 1.29 is 13.2 Å². The van der Waals surface area contributed by atoms with Crippen LogP contribution in [0.1, 0.15) is 55.6 Å². The van der Waals surface area contributed by atoms with E-state index in [-0.39, 0.29) is 17.8 Å². The summed E-state index contributed by atoms with van der Waals surface area (Å²) in [5.74, 6) is 1.54. The molecule has 4 heterocycles. The summed E-state index contributed by atoms with van der Waals surface area (Å²) in [5, 5.41) is 0. The van der Waals surface area contributed by atoms with Gasteiger partial charge in [0, 0.05) is 49.3 Å². The number of benzene rings is 1. The maximum atomic E-state index is 13.1. The molecule has 0 radical (unpaired) electrons. The number of halogens is 3. The molecule has 36 heavy (non-hydrogen) atoms. The summed E-state index contributed by atoms with van der Waals surface area (Å²) < 4.78 is 43.0. The minimum absolute atomic E-state index is 0.0472. The zero-order valence-electron chi connectivity index (χ0n) is 21.0. The molecular weight excluding hydrogens is 465 g/mol. The van der Waals surface area contributed by atoms with E-state index in [0.29, 0.717) is 5.56 Å². The quantitative estimate of drug-likeness (QED) is 0.331. The van der Waals surface area contributed by atoms with Gasteiger partial charge in [-0.1, -0.05) is 13.8 Å². The van der Waals surface area contributed by atoms with Gasteiger partial charge >= 0.3 is 6.18 Å². The number of aromatic nitrogens is 5. The fourth-order valence-electron chi connectivity index (χ4n) is 5.14. The van der Waals surface area contributed by atoms with Crippen LogP contribution in [0, 0.1) is 6.92 Å². The predicted molar refractivity (Wildman–Crippen MR) is 134 cm³/mol. The van der Waals surface area contributed by atoms with Crippen LogP contribution in [0.3, 0.4) is 0 Å². The van der Waals surface area contributed by atoms with Crippen molar-refractivity contribution in [1.29, 1.82) is 0 Å². The predicted octanol–water partition coefficient (Wildman–Crippen LogP) is 6.38. The Morgan fingerprint density at radius 3 is 2.39 bits per heavy atom. The van der Waals surface area contributed by atoms with E-state index < -0.39 is 11.9 Å². The molecule has 1 aliphatic heterocycles. The number of aryl methyl sites for hydroxylation is 2. The number of hydrogen-bond acceptors (Lipinski definition) is 4. The van der Waals surface area contributed by atoms with E-state index in [9.17, 15) is 13.2 Å². The molecule has 188 valence electrons. The molecule has 0 bridgehead atoms. The Kier molecular flexibility index (Phi) is 5.89. The smallest absolute Gasteiger partial charge is 0.361 e. The standard InChI is InChI=1S/C27H29F3N6/c1-16(2)23-21(7-6-12-31-23)24-25-17(3)35(13-14-36(25)18(4)32-24)20-10-8-19(9-11-20)26-33-22(15-34(26)5)27(28,29)30/h6-12,15-17H,13-14H2,1-5H3. The third kappa shape index (κ3) is 4.06. The Morgan fingerprint density at radius 1 is 1.03 bits per heavy atom. The molecule has 0 saturated carbocycles. The molecule has 1 unspecified atom stereocenters. The SMILES string of the molecule is Cc1nc(-c2cccnc2C(C)C)c2n1CCN(c1ccc(-c3nc(C(F)(F)F)cn3C)cc1)C2C. The van der Waals surface area contributed by atoms with Crippen molar-refractivity contribution in [2.75, 3.05) is 11.4 Å². The second-order valence-corrected chi connectivity index (χ2v) is 9.61. The number of imidazole rings is 2. The van der Waals surface area contributed by atoms with E-state index in [1.807, 2.05) is 43.5 Å². The third-order valence-corrected chi connectivity index (χ3v) is 6.89.